The lowest BCUT2D eigenvalue weighted by Gasteiger charge is -2.23. The van der Waals surface area contributed by atoms with Crippen molar-refractivity contribution in [2.45, 2.75) is 45.7 Å². The number of ether oxygens (including phenoxy) is 1. The average molecular weight is 358 g/mol. The number of carbonyl (C=O) groups excluding carboxylic acids is 2. The van der Waals surface area contributed by atoms with Crippen LogP contribution in [-0.2, 0) is 9.59 Å². The summed E-state index contributed by atoms with van der Waals surface area (Å²) in [6.45, 7) is 7.87. The Morgan fingerprint density at radius 1 is 1.29 bits per heavy atom. The number of halogens is 1. The fourth-order valence-corrected chi connectivity index (χ4v) is 2.12. The standard InChI is InChI=1S/C17H27N3O3.ClH/c1-5-23-15-9-7-6-8-13(15)14(20-12(2)21)10-16(22)19-11-17(3,4)18;/h6-9,14H,5,10-11,18H2,1-4H3,(H,19,22)(H,20,21);1H. The van der Waals surface area contributed by atoms with Gasteiger partial charge in [-0.15, -0.1) is 12.4 Å². The first kappa shape index (κ1) is 22.2. The highest BCUT2D eigenvalue weighted by atomic mass is 35.5. The minimum Gasteiger partial charge on any atom is -0.494 e. The second-order valence-corrected chi connectivity index (χ2v) is 6.19. The van der Waals surface area contributed by atoms with Gasteiger partial charge in [0.2, 0.25) is 11.8 Å². The molecule has 1 aromatic rings. The smallest absolute Gasteiger partial charge is 0.222 e. The Morgan fingerprint density at radius 3 is 2.46 bits per heavy atom. The normalized spacial score (nSPS) is 11.9. The van der Waals surface area contributed by atoms with Gasteiger partial charge in [-0.25, -0.2) is 0 Å². The quantitative estimate of drug-likeness (QED) is 0.662. The molecule has 0 saturated heterocycles. The van der Waals surface area contributed by atoms with Gasteiger partial charge in [-0.05, 0) is 26.8 Å². The number of carbonyl (C=O) groups is 2. The molecule has 0 aliphatic rings. The summed E-state index contributed by atoms with van der Waals surface area (Å²) >= 11 is 0. The summed E-state index contributed by atoms with van der Waals surface area (Å²) in [4.78, 5) is 23.7. The third-order valence-electron chi connectivity index (χ3n) is 3.10. The van der Waals surface area contributed by atoms with Crippen LogP contribution in [0.25, 0.3) is 0 Å². The van der Waals surface area contributed by atoms with Crippen LogP contribution in [0, 0.1) is 0 Å². The second kappa shape index (κ2) is 10.2. The second-order valence-electron chi connectivity index (χ2n) is 6.19. The van der Waals surface area contributed by atoms with Crippen LogP contribution < -0.4 is 21.1 Å². The summed E-state index contributed by atoms with van der Waals surface area (Å²) < 4.78 is 5.59. The van der Waals surface area contributed by atoms with Crippen molar-refractivity contribution < 1.29 is 14.3 Å². The highest BCUT2D eigenvalue weighted by molar-refractivity contribution is 5.85. The molecule has 136 valence electrons. The Hall–Kier alpha value is -1.79. The first-order valence-corrected chi connectivity index (χ1v) is 7.77. The van der Waals surface area contributed by atoms with Crippen LogP contribution in [0.4, 0.5) is 0 Å². The molecule has 4 N–H and O–H groups in total. The average Bonchev–Trinajstić information content (AvgIpc) is 2.44. The number of para-hydroxylation sites is 1. The van der Waals surface area contributed by atoms with Gasteiger partial charge in [0.05, 0.1) is 19.1 Å². The van der Waals surface area contributed by atoms with Crippen molar-refractivity contribution in [1.82, 2.24) is 10.6 Å². The molecular formula is C17H28ClN3O3. The molecule has 0 aliphatic carbocycles. The van der Waals surface area contributed by atoms with E-state index in [0.29, 0.717) is 18.9 Å². The van der Waals surface area contributed by atoms with E-state index in [4.69, 9.17) is 10.5 Å². The molecule has 7 heteroatoms. The van der Waals surface area contributed by atoms with Crippen LogP contribution in [0.2, 0.25) is 0 Å². The lowest BCUT2D eigenvalue weighted by molar-refractivity contribution is -0.123. The van der Waals surface area contributed by atoms with E-state index in [1.165, 1.54) is 6.92 Å². The van der Waals surface area contributed by atoms with Crippen molar-refractivity contribution in [3.05, 3.63) is 29.8 Å². The Bertz CT molecular complexity index is 544. The number of hydrogen-bond acceptors (Lipinski definition) is 4. The topological polar surface area (TPSA) is 93.4 Å². The van der Waals surface area contributed by atoms with E-state index in [2.05, 4.69) is 10.6 Å². The summed E-state index contributed by atoms with van der Waals surface area (Å²) in [5.74, 6) is 0.294. The highest BCUT2D eigenvalue weighted by Gasteiger charge is 2.21. The molecule has 1 rings (SSSR count). The van der Waals surface area contributed by atoms with Crippen molar-refractivity contribution in [1.29, 1.82) is 0 Å². The molecule has 0 fully saturated rings. The van der Waals surface area contributed by atoms with Gasteiger partial charge in [0, 0.05) is 24.6 Å². The number of nitrogens with two attached hydrogens (primary N) is 1. The predicted octanol–water partition coefficient (Wildman–Crippen LogP) is 1.93. The summed E-state index contributed by atoms with van der Waals surface area (Å²) in [5.41, 5.74) is 6.17. The maximum absolute atomic E-state index is 12.2. The molecule has 0 aliphatic heterocycles. The molecule has 1 aromatic carbocycles. The van der Waals surface area contributed by atoms with Crippen molar-refractivity contribution >= 4 is 24.2 Å². The number of hydrogen-bond donors (Lipinski definition) is 3. The summed E-state index contributed by atoms with van der Waals surface area (Å²) in [6, 6.07) is 6.95. The van der Waals surface area contributed by atoms with E-state index >= 15 is 0 Å². The van der Waals surface area contributed by atoms with Gasteiger partial charge < -0.3 is 21.1 Å². The van der Waals surface area contributed by atoms with Gasteiger partial charge >= 0.3 is 0 Å². The Kier molecular flexibility index (Phi) is 9.40. The molecular weight excluding hydrogens is 330 g/mol. The van der Waals surface area contributed by atoms with Crippen LogP contribution >= 0.6 is 12.4 Å². The number of amides is 2. The number of rotatable bonds is 8. The minimum absolute atomic E-state index is 0. The highest BCUT2D eigenvalue weighted by Crippen LogP contribution is 2.27. The summed E-state index contributed by atoms with van der Waals surface area (Å²) in [6.07, 6.45) is 0.125. The van der Waals surface area contributed by atoms with Gasteiger partial charge in [-0.3, -0.25) is 9.59 Å². The van der Waals surface area contributed by atoms with Gasteiger partial charge in [0.15, 0.2) is 0 Å². The van der Waals surface area contributed by atoms with Crippen LogP contribution in [0.15, 0.2) is 24.3 Å². The van der Waals surface area contributed by atoms with Crippen LogP contribution in [0.1, 0.15) is 45.7 Å². The zero-order chi connectivity index (χ0) is 17.5. The van der Waals surface area contributed by atoms with Crippen LogP contribution in [0.5, 0.6) is 5.75 Å². The van der Waals surface area contributed by atoms with E-state index in [1.54, 1.807) is 0 Å². The minimum atomic E-state index is -0.484. The van der Waals surface area contributed by atoms with E-state index in [9.17, 15) is 9.59 Å². The zero-order valence-corrected chi connectivity index (χ0v) is 15.5. The monoisotopic (exact) mass is 357 g/mol. The summed E-state index contributed by atoms with van der Waals surface area (Å²) in [7, 11) is 0. The van der Waals surface area contributed by atoms with E-state index in [1.807, 2.05) is 45.0 Å². The molecule has 6 nitrogen and oxygen atoms in total. The molecule has 2 amide bonds. The molecule has 0 radical (unpaired) electrons. The van der Waals surface area contributed by atoms with E-state index in [-0.39, 0.29) is 30.6 Å². The molecule has 0 heterocycles. The fraction of sp³-hybridized carbons (Fsp3) is 0.529. The number of nitrogens with one attached hydrogen (secondary N) is 2. The molecule has 0 aromatic heterocycles. The third-order valence-corrected chi connectivity index (χ3v) is 3.10. The van der Waals surface area contributed by atoms with Crippen molar-refractivity contribution in [3.63, 3.8) is 0 Å². The Morgan fingerprint density at radius 2 is 1.92 bits per heavy atom. The molecule has 0 bridgehead atoms. The first-order valence-electron chi connectivity index (χ1n) is 7.77. The lowest BCUT2D eigenvalue weighted by atomic mass is 10.0. The van der Waals surface area contributed by atoms with Crippen molar-refractivity contribution in [2.24, 2.45) is 5.73 Å². The largest absolute Gasteiger partial charge is 0.494 e. The van der Waals surface area contributed by atoms with Crippen LogP contribution in [-0.4, -0.2) is 30.5 Å². The zero-order valence-electron chi connectivity index (χ0n) is 14.7. The van der Waals surface area contributed by atoms with E-state index in [0.717, 1.165) is 5.56 Å². The first-order chi connectivity index (χ1) is 10.7. The fourth-order valence-electron chi connectivity index (χ4n) is 2.12. The number of benzene rings is 1. The van der Waals surface area contributed by atoms with Gasteiger partial charge in [-0.2, -0.15) is 0 Å². The van der Waals surface area contributed by atoms with Gasteiger partial charge in [-0.1, -0.05) is 18.2 Å². The molecule has 1 atom stereocenters. The van der Waals surface area contributed by atoms with Crippen LogP contribution in [0.3, 0.4) is 0 Å². The Balaban J connectivity index is 0.00000529. The SMILES string of the molecule is CCOc1ccccc1C(CC(=O)NCC(C)(C)N)NC(C)=O.Cl. The predicted molar refractivity (Wildman–Crippen MR) is 97.3 cm³/mol. The molecule has 0 saturated carbocycles. The molecule has 0 spiro atoms. The molecule has 24 heavy (non-hydrogen) atoms. The van der Waals surface area contributed by atoms with Gasteiger partial charge in [0.25, 0.3) is 0 Å². The Labute approximate surface area is 149 Å². The lowest BCUT2D eigenvalue weighted by Crippen LogP contribution is -2.45. The maximum Gasteiger partial charge on any atom is 0.222 e. The van der Waals surface area contributed by atoms with E-state index < -0.39 is 11.6 Å². The van der Waals surface area contributed by atoms with Gasteiger partial charge in [0.1, 0.15) is 5.75 Å². The molecule has 1 unspecified atom stereocenters. The van der Waals surface area contributed by atoms with Crippen molar-refractivity contribution in [3.8, 4) is 5.75 Å². The maximum atomic E-state index is 12.2. The summed E-state index contributed by atoms with van der Waals surface area (Å²) in [5, 5.41) is 5.60. The third kappa shape index (κ3) is 8.17. The van der Waals surface area contributed by atoms with Crippen molar-refractivity contribution in [2.75, 3.05) is 13.2 Å².